The number of amides is 2. The SMILES string of the molecule is CCc1nocc1CN(C)C(=O)NC1CC2CC2C1. The van der Waals surface area contributed by atoms with Crippen molar-refractivity contribution in [2.45, 2.75) is 45.2 Å². The van der Waals surface area contributed by atoms with E-state index in [1.807, 2.05) is 14.0 Å². The van der Waals surface area contributed by atoms with Crippen LogP contribution in [0.2, 0.25) is 0 Å². The average molecular weight is 263 g/mol. The normalized spacial score (nSPS) is 28.0. The highest BCUT2D eigenvalue weighted by molar-refractivity contribution is 5.74. The Bertz CT molecular complexity index is 461. The van der Waals surface area contributed by atoms with Gasteiger partial charge in [-0.3, -0.25) is 0 Å². The molecule has 0 spiro atoms. The van der Waals surface area contributed by atoms with E-state index >= 15 is 0 Å². The molecule has 2 aliphatic rings. The summed E-state index contributed by atoms with van der Waals surface area (Å²) >= 11 is 0. The molecule has 1 aromatic rings. The molecule has 0 aliphatic heterocycles. The molecule has 2 atom stereocenters. The van der Waals surface area contributed by atoms with Gasteiger partial charge >= 0.3 is 6.03 Å². The number of carbonyl (C=O) groups excluding carboxylic acids is 1. The van der Waals surface area contributed by atoms with E-state index in [4.69, 9.17) is 4.52 Å². The molecule has 5 nitrogen and oxygen atoms in total. The molecule has 0 bridgehead atoms. The zero-order valence-electron chi connectivity index (χ0n) is 11.6. The molecule has 0 aromatic carbocycles. The van der Waals surface area contributed by atoms with Crippen molar-refractivity contribution in [2.24, 2.45) is 11.8 Å². The van der Waals surface area contributed by atoms with Gasteiger partial charge in [0.05, 0.1) is 12.2 Å². The van der Waals surface area contributed by atoms with Crippen LogP contribution in [-0.2, 0) is 13.0 Å². The van der Waals surface area contributed by atoms with E-state index in [-0.39, 0.29) is 6.03 Å². The third kappa shape index (κ3) is 2.60. The Morgan fingerprint density at radius 3 is 2.89 bits per heavy atom. The Morgan fingerprint density at radius 1 is 1.47 bits per heavy atom. The van der Waals surface area contributed by atoms with E-state index in [0.717, 1.165) is 42.4 Å². The minimum Gasteiger partial charge on any atom is -0.364 e. The van der Waals surface area contributed by atoms with Crippen molar-refractivity contribution in [3.05, 3.63) is 17.5 Å². The summed E-state index contributed by atoms with van der Waals surface area (Å²) in [5, 5.41) is 7.06. The Labute approximate surface area is 113 Å². The number of nitrogens with zero attached hydrogens (tertiary/aromatic N) is 2. The van der Waals surface area contributed by atoms with Gasteiger partial charge in [-0.1, -0.05) is 12.1 Å². The van der Waals surface area contributed by atoms with Gasteiger partial charge in [0.15, 0.2) is 0 Å². The largest absolute Gasteiger partial charge is 0.364 e. The zero-order valence-corrected chi connectivity index (χ0v) is 11.6. The highest BCUT2D eigenvalue weighted by Crippen LogP contribution is 2.51. The number of hydrogen-bond donors (Lipinski definition) is 1. The Hall–Kier alpha value is -1.52. The molecule has 5 heteroatoms. The van der Waals surface area contributed by atoms with Crippen LogP contribution in [0.25, 0.3) is 0 Å². The molecule has 1 N–H and O–H groups in total. The molecular formula is C14H21N3O2. The second-order valence-corrected chi connectivity index (χ2v) is 5.87. The molecule has 2 fully saturated rings. The van der Waals surface area contributed by atoms with Crippen molar-refractivity contribution in [1.29, 1.82) is 0 Å². The van der Waals surface area contributed by atoms with Gasteiger partial charge in [-0.25, -0.2) is 4.79 Å². The summed E-state index contributed by atoms with van der Waals surface area (Å²) in [4.78, 5) is 13.8. The summed E-state index contributed by atoms with van der Waals surface area (Å²) < 4.78 is 4.96. The summed E-state index contributed by atoms with van der Waals surface area (Å²) in [7, 11) is 1.82. The topological polar surface area (TPSA) is 58.4 Å². The number of nitrogens with one attached hydrogen (secondary N) is 1. The molecule has 0 radical (unpaired) electrons. The first-order valence-electron chi connectivity index (χ1n) is 7.11. The van der Waals surface area contributed by atoms with Gasteiger partial charge in [0.1, 0.15) is 6.26 Å². The molecule has 2 saturated carbocycles. The van der Waals surface area contributed by atoms with Crippen molar-refractivity contribution in [1.82, 2.24) is 15.4 Å². The summed E-state index contributed by atoms with van der Waals surface area (Å²) in [6.45, 7) is 2.59. The predicted molar refractivity (Wildman–Crippen MR) is 70.5 cm³/mol. The monoisotopic (exact) mass is 263 g/mol. The van der Waals surface area contributed by atoms with E-state index in [9.17, 15) is 4.79 Å². The fraction of sp³-hybridized carbons (Fsp3) is 0.714. The third-order valence-electron chi connectivity index (χ3n) is 4.39. The molecule has 2 amide bonds. The van der Waals surface area contributed by atoms with Crippen LogP contribution in [0.15, 0.2) is 10.8 Å². The lowest BCUT2D eigenvalue weighted by Crippen LogP contribution is -2.42. The number of aryl methyl sites for hydroxylation is 1. The van der Waals surface area contributed by atoms with Crippen LogP contribution >= 0.6 is 0 Å². The fourth-order valence-corrected chi connectivity index (χ4v) is 3.15. The molecule has 1 heterocycles. The maximum Gasteiger partial charge on any atom is 0.317 e. The van der Waals surface area contributed by atoms with Gasteiger partial charge in [0.2, 0.25) is 0 Å². The molecule has 19 heavy (non-hydrogen) atoms. The molecule has 1 aromatic heterocycles. The zero-order chi connectivity index (χ0) is 13.4. The van der Waals surface area contributed by atoms with Crippen LogP contribution in [-0.4, -0.2) is 29.2 Å². The van der Waals surface area contributed by atoms with E-state index in [1.54, 1.807) is 11.2 Å². The number of fused-ring (bicyclic) bond motifs is 1. The first-order chi connectivity index (χ1) is 9.17. The Balaban J connectivity index is 1.51. The number of hydrogen-bond acceptors (Lipinski definition) is 3. The van der Waals surface area contributed by atoms with Crippen LogP contribution in [0.3, 0.4) is 0 Å². The minimum absolute atomic E-state index is 0.00885. The summed E-state index contributed by atoms with van der Waals surface area (Å²) in [6.07, 6.45) is 6.17. The number of urea groups is 1. The van der Waals surface area contributed by atoms with Crippen LogP contribution < -0.4 is 5.32 Å². The van der Waals surface area contributed by atoms with Crippen molar-refractivity contribution in [3.8, 4) is 0 Å². The van der Waals surface area contributed by atoms with Crippen molar-refractivity contribution in [2.75, 3.05) is 7.05 Å². The summed E-state index contributed by atoms with van der Waals surface area (Å²) in [5.41, 5.74) is 1.93. The lowest BCUT2D eigenvalue weighted by Gasteiger charge is -2.21. The third-order valence-corrected chi connectivity index (χ3v) is 4.39. The summed E-state index contributed by atoms with van der Waals surface area (Å²) in [5.74, 6) is 1.78. The van der Waals surface area contributed by atoms with E-state index < -0.39 is 0 Å². The highest BCUT2D eigenvalue weighted by Gasteiger charge is 2.46. The standard InChI is InChI=1S/C14H21N3O2/c1-3-13-11(8-19-16-13)7-17(2)14(18)15-12-5-9-4-10(9)6-12/h8-10,12H,3-7H2,1-2H3,(H,15,18). The molecule has 3 rings (SSSR count). The predicted octanol–water partition coefficient (Wildman–Crippen LogP) is 2.18. The first-order valence-corrected chi connectivity index (χ1v) is 7.11. The fourth-order valence-electron chi connectivity index (χ4n) is 3.15. The second-order valence-electron chi connectivity index (χ2n) is 5.87. The van der Waals surface area contributed by atoms with Crippen molar-refractivity contribution < 1.29 is 9.32 Å². The van der Waals surface area contributed by atoms with Crippen molar-refractivity contribution >= 4 is 6.03 Å². The van der Waals surface area contributed by atoms with Gasteiger partial charge in [0, 0.05) is 18.7 Å². The van der Waals surface area contributed by atoms with Gasteiger partial charge in [0.25, 0.3) is 0 Å². The van der Waals surface area contributed by atoms with Gasteiger partial charge in [-0.2, -0.15) is 0 Å². The quantitative estimate of drug-likeness (QED) is 0.905. The maximum atomic E-state index is 12.1. The molecule has 2 aliphatic carbocycles. The van der Waals surface area contributed by atoms with E-state index in [2.05, 4.69) is 10.5 Å². The average Bonchev–Trinajstić information content (AvgIpc) is 2.82. The lowest BCUT2D eigenvalue weighted by molar-refractivity contribution is 0.201. The lowest BCUT2D eigenvalue weighted by atomic mass is 10.1. The van der Waals surface area contributed by atoms with Gasteiger partial charge < -0.3 is 14.7 Å². The van der Waals surface area contributed by atoms with Crippen LogP contribution in [0.1, 0.15) is 37.4 Å². The Kier molecular flexibility index (Phi) is 3.21. The first kappa shape index (κ1) is 12.5. The van der Waals surface area contributed by atoms with Crippen LogP contribution in [0, 0.1) is 11.8 Å². The smallest absolute Gasteiger partial charge is 0.317 e. The maximum absolute atomic E-state index is 12.1. The summed E-state index contributed by atoms with van der Waals surface area (Å²) in [6, 6.07) is 0.390. The molecule has 104 valence electrons. The van der Waals surface area contributed by atoms with E-state index in [0.29, 0.717) is 12.6 Å². The Morgan fingerprint density at radius 2 is 2.21 bits per heavy atom. The number of rotatable bonds is 4. The minimum atomic E-state index is 0.00885. The van der Waals surface area contributed by atoms with Crippen molar-refractivity contribution in [3.63, 3.8) is 0 Å². The highest BCUT2D eigenvalue weighted by atomic mass is 16.5. The van der Waals surface area contributed by atoms with Crippen LogP contribution in [0.4, 0.5) is 4.79 Å². The van der Waals surface area contributed by atoms with Gasteiger partial charge in [-0.15, -0.1) is 0 Å². The molecule has 0 saturated heterocycles. The molecular weight excluding hydrogens is 242 g/mol. The van der Waals surface area contributed by atoms with Gasteiger partial charge in [-0.05, 0) is 37.5 Å². The number of carbonyl (C=O) groups is 1. The molecule has 2 unspecified atom stereocenters. The second kappa shape index (κ2) is 4.87. The van der Waals surface area contributed by atoms with Crippen LogP contribution in [0.5, 0.6) is 0 Å². The number of aromatic nitrogens is 1. The van der Waals surface area contributed by atoms with E-state index in [1.165, 1.54) is 6.42 Å².